The summed E-state index contributed by atoms with van der Waals surface area (Å²) in [4.78, 5) is 0. The van der Waals surface area contributed by atoms with Crippen molar-refractivity contribution in [2.75, 3.05) is 7.11 Å². The fraction of sp³-hybridized carbons (Fsp3) is 0.280. The second-order valence-electron chi connectivity index (χ2n) is 8.53. The molecule has 1 saturated heterocycles. The Morgan fingerprint density at radius 3 is 1.72 bits per heavy atom. The summed E-state index contributed by atoms with van der Waals surface area (Å²) in [7, 11) is 1.33. The lowest BCUT2D eigenvalue weighted by molar-refractivity contribution is 0.00578. The van der Waals surface area contributed by atoms with Gasteiger partial charge in [0.1, 0.15) is 5.75 Å². The molecule has 0 radical (unpaired) electrons. The molecule has 0 aromatic heterocycles. The van der Waals surface area contributed by atoms with Gasteiger partial charge in [-0.1, -0.05) is 54.6 Å². The number of methoxy groups -OCH3 is 1. The Kier molecular flexibility index (Phi) is 5.01. The van der Waals surface area contributed by atoms with E-state index in [1.165, 1.54) is 0 Å². The van der Waals surface area contributed by atoms with E-state index in [2.05, 4.69) is 88.4 Å². The number of benzene rings is 3. The van der Waals surface area contributed by atoms with Gasteiger partial charge in [0.2, 0.25) is 0 Å². The van der Waals surface area contributed by atoms with Crippen LogP contribution in [0.1, 0.15) is 27.7 Å². The summed E-state index contributed by atoms with van der Waals surface area (Å²) in [5.41, 5.74) is 4.93. The van der Waals surface area contributed by atoms with E-state index in [0.29, 0.717) is 0 Å². The smallest absolute Gasteiger partial charge is 0.494 e. The third-order valence-electron chi connectivity index (χ3n) is 6.01. The third-order valence-corrected chi connectivity index (χ3v) is 6.01. The summed E-state index contributed by atoms with van der Waals surface area (Å²) in [5.74, 6) is 0.857. The van der Waals surface area contributed by atoms with E-state index < -0.39 is 0 Å². The third kappa shape index (κ3) is 3.83. The van der Waals surface area contributed by atoms with Crippen molar-refractivity contribution in [1.82, 2.24) is 0 Å². The molecule has 1 heterocycles. The molecule has 0 bridgehead atoms. The maximum atomic E-state index is 6.22. The molecule has 4 heteroatoms. The Morgan fingerprint density at radius 1 is 0.655 bits per heavy atom. The minimum Gasteiger partial charge on any atom is -0.497 e. The molecular formula is C25H27BO3. The first-order valence-corrected chi connectivity index (χ1v) is 9.99. The molecule has 3 aromatic rings. The van der Waals surface area contributed by atoms with Gasteiger partial charge in [-0.2, -0.15) is 0 Å². The maximum Gasteiger partial charge on any atom is 0.494 e. The summed E-state index contributed by atoms with van der Waals surface area (Å²) < 4.78 is 17.8. The molecule has 3 nitrogen and oxygen atoms in total. The van der Waals surface area contributed by atoms with Crippen LogP contribution in [-0.2, 0) is 9.31 Å². The molecule has 1 aliphatic rings. The van der Waals surface area contributed by atoms with Crippen LogP contribution in [0.4, 0.5) is 0 Å². The predicted molar refractivity (Wildman–Crippen MR) is 120 cm³/mol. The van der Waals surface area contributed by atoms with Crippen molar-refractivity contribution in [3.05, 3.63) is 72.8 Å². The number of ether oxygens (including phenoxy) is 1. The van der Waals surface area contributed by atoms with Gasteiger partial charge in [-0.25, -0.2) is 0 Å². The van der Waals surface area contributed by atoms with Crippen LogP contribution in [0.3, 0.4) is 0 Å². The average Bonchev–Trinajstić information content (AvgIpc) is 2.95. The lowest BCUT2D eigenvalue weighted by atomic mass is 9.78. The van der Waals surface area contributed by atoms with Crippen LogP contribution >= 0.6 is 0 Å². The fourth-order valence-corrected chi connectivity index (χ4v) is 3.52. The zero-order valence-corrected chi connectivity index (χ0v) is 17.7. The first kappa shape index (κ1) is 19.7. The minimum absolute atomic E-state index is 0.347. The second kappa shape index (κ2) is 7.36. The van der Waals surface area contributed by atoms with Crippen molar-refractivity contribution in [3.63, 3.8) is 0 Å². The molecular weight excluding hydrogens is 359 g/mol. The maximum absolute atomic E-state index is 6.22. The topological polar surface area (TPSA) is 27.7 Å². The largest absolute Gasteiger partial charge is 0.497 e. The van der Waals surface area contributed by atoms with Crippen molar-refractivity contribution in [2.24, 2.45) is 0 Å². The van der Waals surface area contributed by atoms with E-state index in [9.17, 15) is 0 Å². The Balaban J connectivity index is 1.66. The summed E-state index contributed by atoms with van der Waals surface area (Å²) in [6, 6.07) is 25.1. The van der Waals surface area contributed by atoms with E-state index in [1.54, 1.807) is 7.11 Å². The van der Waals surface area contributed by atoms with E-state index in [0.717, 1.165) is 33.5 Å². The first-order chi connectivity index (χ1) is 13.8. The molecule has 0 N–H and O–H groups in total. The number of rotatable bonds is 4. The highest BCUT2D eigenvalue weighted by Gasteiger charge is 2.51. The highest BCUT2D eigenvalue weighted by Crippen LogP contribution is 2.37. The van der Waals surface area contributed by atoms with E-state index in [-0.39, 0.29) is 18.3 Å². The molecule has 3 aromatic carbocycles. The summed E-state index contributed by atoms with van der Waals surface area (Å²) in [5, 5.41) is 0. The monoisotopic (exact) mass is 386 g/mol. The Labute approximate surface area is 173 Å². The average molecular weight is 386 g/mol. The van der Waals surface area contributed by atoms with Crippen LogP contribution in [0, 0.1) is 0 Å². The standard InChI is InChI=1S/C25H27BO3/c1-24(2)25(3,4)29-26(28-24)22-13-7-11-20(16-22)18-9-6-10-19(15-18)21-12-8-14-23(17-21)27-5/h6-17H,1-5H3. The van der Waals surface area contributed by atoms with Gasteiger partial charge in [-0.3, -0.25) is 0 Å². The van der Waals surface area contributed by atoms with Crippen molar-refractivity contribution in [3.8, 4) is 28.0 Å². The van der Waals surface area contributed by atoms with Gasteiger partial charge < -0.3 is 14.0 Å². The Hall–Kier alpha value is -2.56. The van der Waals surface area contributed by atoms with Gasteiger partial charge >= 0.3 is 7.12 Å². The molecule has 0 unspecified atom stereocenters. The zero-order valence-electron chi connectivity index (χ0n) is 17.7. The fourth-order valence-electron chi connectivity index (χ4n) is 3.52. The molecule has 29 heavy (non-hydrogen) atoms. The molecule has 0 saturated carbocycles. The number of hydrogen-bond donors (Lipinski definition) is 0. The summed E-state index contributed by atoms with van der Waals surface area (Å²) in [6.45, 7) is 8.31. The highest BCUT2D eigenvalue weighted by atomic mass is 16.7. The normalized spacial score (nSPS) is 17.3. The van der Waals surface area contributed by atoms with Crippen molar-refractivity contribution in [1.29, 1.82) is 0 Å². The quantitative estimate of drug-likeness (QED) is 0.568. The van der Waals surface area contributed by atoms with Crippen LogP contribution < -0.4 is 10.2 Å². The lowest BCUT2D eigenvalue weighted by Gasteiger charge is -2.32. The molecule has 0 aliphatic carbocycles. The minimum atomic E-state index is -0.360. The molecule has 4 rings (SSSR count). The van der Waals surface area contributed by atoms with Gasteiger partial charge in [0.25, 0.3) is 0 Å². The Morgan fingerprint density at radius 2 is 1.14 bits per heavy atom. The van der Waals surface area contributed by atoms with Gasteiger partial charge in [-0.15, -0.1) is 0 Å². The predicted octanol–water partition coefficient (Wildman–Crippen LogP) is 5.33. The zero-order chi connectivity index (χ0) is 20.6. The van der Waals surface area contributed by atoms with Crippen LogP contribution in [0.2, 0.25) is 0 Å². The summed E-state index contributed by atoms with van der Waals surface area (Å²) >= 11 is 0. The van der Waals surface area contributed by atoms with Gasteiger partial charge in [0.15, 0.2) is 0 Å². The van der Waals surface area contributed by atoms with E-state index in [1.807, 2.05) is 12.1 Å². The van der Waals surface area contributed by atoms with Crippen LogP contribution in [0.5, 0.6) is 5.75 Å². The van der Waals surface area contributed by atoms with Gasteiger partial charge in [0.05, 0.1) is 18.3 Å². The van der Waals surface area contributed by atoms with E-state index >= 15 is 0 Å². The molecule has 148 valence electrons. The molecule has 1 fully saturated rings. The van der Waals surface area contributed by atoms with Gasteiger partial charge in [-0.05, 0) is 73.6 Å². The van der Waals surface area contributed by atoms with Gasteiger partial charge in [0, 0.05) is 0 Å². The van der Waals surface area contributed by atoms with Crippen LogP contribution in [0.15, 0.2) is 72.8 Å². The summed E-state index contributed by atoms with van der Waals surface area (Å²) in [6.07, 6.45) is 0. The second-order valence-corrected chi connectivity index (χ2v) is 8.53. The molecule has 0 atom stereocenters. The molecule has 0 spiro atoms. The first-order valence-electron chi connectivity index (χ1n) is 9.99. The SMILES string of the molecule is COc1cccc(-c2cccc(-c3cccc(B4OC(C)(C)C(C)(C)O4)c3)c2)c1. The number of hydrogen-bond acceptors (Lipinski definition) is 3. The Bertz CT molecular complexity index is 1010. The van der Waals surface area contributed by atoms with Crippen LogP contribution in [0.25, 0.3) is 22.3 Å². The van der Waals surface area contributed by atoms with Crippen molar-refractivity contribution >= 4 is 12.6 Å². The molecule has 0 amide bonds. The van der Waals surface area contributed by atoms with Crippen molar-refractivity contribution < 1.29 is 14.0 Å². The van der Waals surface area contributed by atoms with Crippen LogP contribution in [-0.4, -0.2) is 25.4 Å². The van der Waals surface area contributed by atoms with Crippen molar-refractivity contribution in [2.45, 2.75) is 38.9 Å². The lowest BCUT2D eigenvalue weighted by Crippen LogP contribution is -2.41. The highest BCUT2D eigenvalue weighted by molar-refractivity contribution is 6.62. The van der Waals surface area contributed by atoms with E-state index in [4.69, 9.17) is 14.0 Å². The molecule has 1 aliphatic heterocycles.